The van der Waals surface area contributed by atoms with Crippen LogP contribution in [0.5, 0.6) is 0 Å². The van der Waals surface area contributed by atoms with E-state index in [4.69, 9.17) is 12.2 Å². The summed E-state index contributed by atoms with van der Waals surface area (Å²) in [4.78, 5) is 31.2. The Balaban J connectivity index is 1.84. The minimum absolute atomic E-state index is 0.125. The highest BCUT2D eigenvalue weighted by atomic mass is 32.2. The molecule has 35 heavy (non-hydrogen) atoms. The molecule has 3 heterocycles. The molecule has 0 N–H and O–H groups in total. The molecule has 8 heteroatoms. The number of amides is 1. The van der Waals surface area contributed by atoms with Crippen LogP contribution in [0.2, 0.25) is 0 Å². The second kappa shape index (κ2) is 10.4. The number of thiocarbonyl (C=S) groups is 1. The quantitative estimate of drug-likeness (QED) is 0.408. The zero-order valence-electron chi connectivity index (χ0n) is 20.6. The third kappa shape index (κ3) is 4.67. The third-order valence-electron chi connectivity index (χ3n) is 6.89. The summed E-state index contributed by atoms with van der Waals surface area (Å²) in [6, 6.07) is 11.7. The van der Waals surface area contributed by atoms with Crippen molar-refractivity contribution in [3.05, 3.63) is 67.8 Å². The number of thioether (sulfide) groups is 1. The second-order valence-corrected chi connectivity index (χ2v) is 10.9. The molecule has 1 aromatic carbocycles. The summed E-state index contributed by atoms with van der Waals surface area (Å²) in [6.45, 7) is 10.0. The third-order valence-corrected chi connectivity index (χ3v) is 8.22. The van der Waals surface area contributed by atoms with Crippen LogP contribution in [0.3, 0.4) is 0 Å². The van der Waals surface area contributed by atoms with E-state index in [1.165, 1.54) is 11.8 Å². The van der Waals surface area contributed by atoms with E-state index in [1.807, 2.05) is 50.3 Å². The van der Waals surface area contributed by atoms with Crippen molar-refractivity contribution < 1.29 is 4.79 Å². The van der Waals surface area contributed by atoms with Gasteiger partial charge in [0.1, 0.15) is 21.8 Å². The fraction of sp³-hybridized carbons (Fsp3) is 0.407. The molecule has 1 amide bonds. The second-order valence-electron chi connectivity index (χ2n) is 9.23. The molecule has 0 spiro atoms. The first kappa shape index (κ1) is 25.2. The Morgan fingerprint density at radius 1 is 1.29 bits per heavy atom. The zero-order valence-corrected chi connectivity index (χ0v) is 22.2. The minimum atomic E-state index is -0.275. The number of carbonyl (C=O) groups is 1. The molecule has 182 valence electrons. The van der Waals surface area contributed by atoms with Crippen molar-refractivity contribution in [3.63, 3.8) is 0 Å². The first-order chi connectivity index (χ1) is 16.8. The number of rotatable bonds is 5. The Hall–Kier alpha value is -2.89. The van der Waals surface area contributed by atoms with Crippen molar-refractivity contribution in [2.75, 3.05) is 18.0 Å². The number of piperidine rings is 1. The summed E-state index contributed by atoms with van der Waals surface area (Å²) in [5.74, 6) is 1.14. The highest BCUT2D eigenvalue weighted by Gasteiger charge is 2.37. The lowest BCUT2D eigenvalue weighted by Crippen LogP contribution is -2.40. The van der Waals surface area contributed by atoms with Crippen LogP contribution < -0.4 is 10.5 Å². The molecule has 2 aliphatic rings. The standard InChI is InChI=1S/C27H30N4O2S2/c1-5-30-24(29-13-9-10-17(2)16-29)21(18(3)22(15-28)25(30)32)14-23-26(33)31(27(34)35-23)19(4)20-11-7-6-8-12-20/h6-8,11-12,14,17,19H,5,9-10,13,16H2,1-4H3. The average Bonchev–Trinajstić information content (AvgIpc) is 3.13. The van der Waals surface area contributed by atoms with Crippen molar-refractivity contribution in [2.24, 2.45) is 5.92 Å². The SMILES string of the molecule is CCn1c(N2CCCC(C)C2)c(C=C2SC(=S)N(C(C)c3ccccc3)C2=O)c(C)c(C#N)c1=O. The smallest absolute Gasteiger partial charge is 0.270 e. The normalized spacial score (nSPS) is 20.4. The summed E-state index contributed by atoms with van der Waals surface area (Å²) in [5.41, 5.74) is 2.22. The summed E-state index contributed by atoms with van der Waals surface area (Å²) in [6.07, 6.45) is 4.02. The van der Waals surface area contributed by atoms with Crippen LogP contribution in [0.15, 0.2) is 40.0 Å². The van der Waals surface area contributed by atoms with E-state index >= 15 is 0 Å². The molecule has 0 saturated carbocycles. The molecule has 2 fully saturated rings. The predicted octanol–water partition coefficient (Wildman–Crippen LogP) is 5.25. The van der Waals surface area contributed by atoms with Gasteiger partial charge in [0.25, 0.3) is 11.5 Å². The highest BCUT2D eigenvalue weighted by molar-refractivity contribution is 8.26. The molecule has 0 bridgehead atoms. The van der Waals surface area contributed by atoms with Crippen LogP contribution in [0, 0.1) is 24.2 Å². The summed E-state index contributed by atoms with van der Waals surface area (Å²) < 4.78 is 2.19. The fourth-order valence-electron chi connectivity index (χ4n) is 4.99. The Bertz CT molecular complexity index is 1290. The number of nitrogens with zero attached hydrogens (tertiary/aromatic N) is 4. The van der Waals surface area contributed by atoms with Gasteiger partial charge in [0.05, 0.1) is 10.9 Å². The summed E-state index contributed by atoms with van der Waals surface area (Å²) in [7, 11) is 0. The number of benzene rings is 1. The van der Waals surface area contributed by atoms with Crippen molar-refractivity contribution in [2.45, 2.75) is 53.1 Å². The van der Waals surface area contributed by atoms with Crippen LogP contribution in [0.4, 0.5) is 5.82 Å². The van der Waals surface area contributed by atoms with E-state index in [1.54, 1.807) is 16.4 Å². The summed E-state index contributed by atoms with van der Waals surface area (Å²) in [5, 5.41) is 9.78. The van der Waals surface area contributed by atoms with Gasteiger partial charge in [-0.05, 0) is 56.7 Å². The largest absolute Gasteiger partial charge is 0.357 e. The number of pyridine rings is 1. The van der Waals surface area contributed by atoms with Crippen molar-refractivity contribution in [3.8, 4) is 6.07 Å². The van der Waals surface area contributed by atoms with Gasteiger partial charge < -0.3 is 4.90 Å². The van der Waals surface area contributed by atoms with Crippen LogP contribution in [0.25, 0.3) is 6.08 Å². The number of carbonyl (C=O) groups excluding carboxylic acids is 1. The number of hydrogen-bond donors (Lipinski definition) is 0. The highest BCUT2D eigenvalue weighted by Crippen LogP contribution is 2.40. The molecular weight excluding hydrogens is 476 g/mol. The van der Waals surface area contributed by atoms with Gasteiger partial charge in [-0.3, -0.25) is 19.1 Å². The molecular formula is C27H30N4O2S2. The van der Waals surface area contributed by atoms with Gasteiger partial charge in [-0.1, -0.05) is 61.2 Å². The topological polar surface area (TPSA) is 69.3 Å². The van der Waals surface area contributed by atoms with Crippen LogP contribution >= 0.6 is 24.0 Å². The molecule has 2 aliphatic heterocycles. The van der Waals surface area contributed by atoms with Crippen molar-refractivity contribution >= 4 is 46.1 Å². The van der Waals surface area contributed by atoms with Gasteiger partial charge in [-0.2, -0.15) is 5.26 Å². The Labute approximate surface area is 216 Å². The fourth-order valence-corrected chi connectivity index (χ4v) is 6.39. The van der Waals surface area contributed by atoms with E-state index in [0.29, 0.717) is 27.3 Å². The minimum Gasteiger partial charge on any atom is -0.357 e. The number of nitriles is 1. The lowest BCUT2D eigenvalue weighted by atomic mass is 9.98. The average molecular weight is 507 g/mol. The van der Waals surface area contributed by atoms with Crippen LogP contribution in [-0.4, -0.2) is 32.8 Å². The van der Waals surface area contributed by atoms with E-state index in [2.05, 4.69) is 17.9 Å². The monoisotopic (exact) mass is 506 g/mol. The van der Waals surface area contributed by atoms with Gasteiger partial charge in [0.15, 0.2) is 0 Å². The molecule has 2 unspecified atom stereocenters. The van der Waals surface area contributed by atoms with Crippen molar-refractivity contribution in [1.29, 1.82) is 5.26 Å². The maximum atomic E-state index is 13.6. The zero-order chi connectivity index (χ0) is 25.3. The Kier molecular flexibility index (Phi) is 7.48. The van der Waals surface area contributed by atoms with Gasteiger partial charge in [0.2, 0.25) is 0 Å². The molecule has 6 nitrogen and oxygen atoms in total. The molecule has 4 rings (SSSR count). The first-order valence-electron chi connectivity index (χ1n) is 12.0. The molecule has 0 radical (unpaired) electrons. The molecule has 0 aliphatic carbocycles. The lowest BCUT2D eigenvalue weighted by molar-refractivity contribution is -0.123. The number of hydrogen-bond acceptors (Lipinski definition) is 6. The van der Waals surface area contributed by atoms with Crippen LogP contribution in [-0.2, 0) is 11.3 Å². The van der Waals surface area contributed by atoms with Gasteiger partial charge >= 0.3 is 0 Å². The molecule has 2 aromatic rings. The molecule has 2 saturated heterocycles. The Morgan fingerprint density at radius 2 is 2.00 bits per heavy atom. The maximum absolute atomic E-state index is 13.6. The van der Waals surface area contributed by atoms with Crippen LogP contribution in [0.1, 0.15) is 61.9 Å². The van der Waals surface area contributed by atoms with E-state index in [0.717, 1.165) is 42.9 Å². The van der Waals surface area contributed by atoms with Gasteiger partial charge in [-0.25, -0.2) is 0 Å². The summed E-state index contributed by atoms with van der Waals surface area (Å²) >= 11 is 6.90. The van der Waals surface area contributed by atoms with Crippen molar-refractivity contribution in [1.82, 2.24) is 9.47 Å². The predicted molar refractivity (Wildman–Crippen MR) is 146 cm³/mol. The molecule has 2 atom stereocenters. The van der Waals surface area contributed by atoms with Gasteiger partial charge in [0, 0.05) is 25.2 Å². The van der Waals surface area contributed by atoms with Gasteiger partial charge in [-0.15, -0.1) is 0 Å². The van der Waals surface area contributed by atoms with E-state index in [9.17, 15) is 14.9 Å². The number of anilines is 1. The van der Waals surface area contributed by atoms with E-state index < -0.39 is 0 Å². The lowest BCUT2D eigenvalue weighted by Gasteiger charge is -2.35. The molecule has 1 aromatic heterocycles. The van der Waals surface area contributed by atoms with E-state index in [-0.39, 0.29) is 23.1 Å². The number of aromatic nitrogens is 1. The first-order valence-corrected chi connectivity index (χ1v) is 13.2. The maximum Gasteiger partial charge on any atom is 0.270 e. The Morgan fingerprint density at radius 3 is 2.63 bits per heavy atom.